The van der Waals surface area contributed by atoms with Crippen LogP contribution in [0.15, 0.2) is 79.1 Å². The van der Waals surface area contributed by atoms with Gasteiger partial charge in [0.15, 0.2) is 5.82 Å². The number of morpholine rings is 1. The van der Waals surface area contributed by atoms with Gasteiger partial charge in [0.2, 0.25) is 0 Å². The van der Waals surface area contributed by atoms with E-state index in [9.17, 15) is 4.79 Å². The standard InChI is InChI=1S/C27H22N6O2S/c34-26(30-20-9-5-4-8-19(20)27-31-21-10-11-28-17-23(21)36-27)22-16-24(33-12-14-35-15-13-33)32-25(29-22)18-6-2-1-3-7-18/h1-11,16-17H,12-15H2,(H,30,34). The largest absolute Gasteiger partial charge is 0.378 e. The quantitative estimate of drug-likeness (QED) is 0.371. The van der Waals surface area contributed by atoms with Crippen molar-refractivity contribution in [2.24, 2.45) is 0 Å². The monoisotopic (exact) mass is 494 g/mol. The first-order chi connectivity index (χ1) is 17.7. The highest BCUT2D eigenvalue weighted by Crippen LogP contribution is 2.34. The maximum atomic E-state index is 13.5. The van der Waals surface area contributed by atoms with Gasteiger partial charge < -0.3 is 15.0 Å². The zero-order valence-electron chi connectivity index (χ0n) is 19.3. The van der Waals surface area contributed by atoms with Crippen LogP contribution in [-0.4, -0.2) is 52.1 Å². The third-order valence-electron chi connectivity index (χ3n) is 5.91. The fourth-order valence-electron chi connectivity index (χ4n) is 4.08. The Hall–Kier alpha value is -4.21. The summed E-state index contributed by atoms with van der Waals surface area (Å²) < 4.78 is 6.49. The first kappa shape index (κ1) is 22.3. The van der Waals surface area contributed by atoms with Crippen molar-refractivity contribution in [2.75, 3.05) is 36.5 Å². The van der Waals surface area contributed by atoms with Crippen LogP contribution in [0, 0.1) is 0 Å². The molecule has 36 heavy (non-hydrogen) atoms. The van der Waals surface area contributed by atoms with E-state index in [4.69, 9.17) is 14.7 Å². The van der Waals surface area contributed by atoms with E-state index in [-0.39, 0.29) is 5.91 Å². The molecule has 0 aliphatic carbocycles. The molecule has 3 aromatic heterocycles. The van der Waals surface area contributed by atoms with Crippen molar-refractivity contribution in [3.63, 3.8) is 0 Å². The Bertz CT molecular complexity index is 1500. The van der Waals surface area contributed by atoms with E-state index in [1.807, 2.05) is 60.7 Å². The van der Waals surface area contributed by atoms with E-state index >= 15 is 0 Å². The van der Waals surface area contributed by atoms with Crippen LogP contribution in [0.3, 0.4) is 0 Å². The summed E-state index contributed by atoms with van der Waals surface area (Å²) in [7, 11) is 0. The molecule has 1 amide bonds. The summed E-state index contributed by atoms with van der Waals surface area (Å²) in [6, 6.07) is 21.0. The molecule has 1 aliphatic rings. The number of thiazole rings is 1. The molecule has 0 radical (unpaired) electrons. The molecule has 4 heterocycles. The molecule has 178 valence electrons. The average molecular weight is 495 g/mol. The van der Waals surface area contributed by atoms with Gasteiger partial charge in [-0.05, 0) is 18.2 Å². The minimum absolute atomic E-state index is 0.300. The minimum Gasteiger partial charge on any atom is -0.378 e. The van der Waals surface area contributed by atoms with Crippen molar-refractivity contribution in [1.29, 1.82) is 0 Å². The number of anilines is 2. The van der Waals surface area contributed by atoms with E-state index in [1.54, 1.807) is 18.5 Å². The third kappa shape index (κ3) is 4.53. The molecule has 0 unspecified atom stereocenters. The Balaban J connectivity index is 1.36. The molecule has 2 aromatic carbocycles. The predicted octanol–water partition coefficient (Wildman–Crippen LogP) is 4.90. The van der Waals surface area contributed by atoms with Gasteiger partial charge in [0.1, 0.15) is 16.5 Å². The summed E-state index contributed by atoms with van der Waals surface area (Å²) in [6.07, 6.45) is 3.53. The number of aromatic nitrogens is 4. The van der Waals surface area contributed by atoms with Gasteiger partial charge in [-0.15, -0.1) is 11.3 Å². The Morgan fingerprint density at radius 2 is 1.75 bits per heavy atom. The molecule has 0 spiro atoms. The van der Waals surface area contributed by atoms with Crippen LogP contribution in [0.25, 0.3) is 32.2 Å². The van der Waals surface area contributed by atoms with Crippen LogP contribution < -0.4 is 10.2 Å². The van der Waals surface area contributed by atoms with E-state index in [1.165, 1.54) is 11.3 Å². The number of hydrogen-bond donors (Lipinski definition) is 1. The van der Waals surface area contributed by atoms with Crippen molar-refractivity contribution in [1.82, 2.24) is 19.9 Å². The molecule has 9 heteroatoms. The zero-order valence-corrected chi connectivity index (χ0v) is 20.1. The number of nitrogens with zero attached hydrogens (tertiary/aromatic N) is 5. The molecule has 1 fully saturated rings. The maximum Gasteiger partial charge on any atom is 0.274 e. The summed E-state index contributed by atoms with van der Waals surface area (Å²) in [6.45, 7) is 2.66. The molecule has 0 saturated carbocycles. The topological polar surface area (TPSA) is 93.1 Å². The number of para-hydroxylation sites is 1. The van der Waals surface area contributed by atoms with Gasteiger partial charge in [0.25, 0.3) is 5.91 Å². The molecular formula is C27H22N6O2S. The normalized spacial score (nSPS) is 13.6. The maximum absolute atomic E-state index is 13.5. The molecule has 5 aromatic rings. The zero-order chi connectivity index (χ0) is 24.3. The Morgan fingerprint density at radius 3 is 2.58 bits per heavy atom. The Morgan fingerprint density at radius 1 is 0.944 bits per heavy atom. The highest BCUT2D eigenvalue weighted by molar-refractivity contribution is 7.21. The number of ether oxygens (including phenoxy) is 1. The third-order valence-corrected chi connectivity index (χ3v) is 6.95. The van der Waals surface area contributed by atoms with Gasteiger partial charge in [-0.3, -0.25) is 9.78 Å². The van der Waals surface area contributed by atoms with Gasteiger partial charge in [-0.1, -0.05) is 42.5 Å². The number of benzene rings is 2. The summed E-state index contributed by atoms with van der Waals surface area (Å²) in [5.74, 6) is 0.917. The van der Waals surface area contributed by atoms with Gasteiger partial charge >= 0.3 is 0 Å². The van der Waals surface area contributed by atoms with Gasteiger partial charge in [-0.2, -0.15) is 0 Å². The van der Waals surface area contributed by atoms with Crippen LogP contribution in [0.5, 0.6) is 0 Å². The molecule has 0 atom stereocenters. The second-order valence-corrected chi connectivity index (χ2v) is 9.29. The second kappa shape index (κ2) is 9.80. The van der Waals surface area contributed by atoms with Gasteiger partial charge in [-0.25, -0.2) is 15.0 Å². The summed E-state index contributed by atoms with van der Waals surface area (Å²) in [5, 5.41) is 3.87. The number of fused-ring (bicyclic) bond motifs is 1. The number of amides is 1. The fourth-order valence-corrected chi connectivity index (χ4v) is 5.05. The van der Waals surface area contributed by atoms with Crippen LogP contribution >= 0.6 is 11.3 Å². The SMILES string of the molecule is O=C(Nc1ccccc1-c1nc2ccncc2s1)c1cc(N2CCOCC2)nc(-c2ccccc2)n1. The van der Waals surface area contributed by atoms with Crippen molar-refractivity contribution < 1.29 is 9.53 Å². The van der Waals surface area contributed by atoms with E-state index in [2.05, 4.69) is 20.2 Å². The smallest absolute Gasteiger partial charge is 0.274 e. The highest BCUT2D eigenvalue weighted by Gasteiger charge is 2.20. The highest BCUT2D eigenvalue weighted by atomic mass is 32.1. The molecule has 1 saturated heterocycles. The predicted molar refractivity (Wildman–Crippen MR) is 141 cm³/mol. The lowest BCUT2D eigenvalue weighted by atomic mass is 10.1. The molecule has 1 N–H and O–H groups in total. The number of pyridine rings is 1. The lowest BCUT2D eigenvalue weighted by Gasteiger charge is -2.28. The lowest BCUT2D eigenvalue weighted by molar-refractivity contribution is 0.102. The first-order valence-electron chi connectivity index (χ1n) is 11.6. The van der Waals surface area contributed by atoms with Crippen molar-refractivity contribution in [3.8, 4) is 22.0 Å². The second-order valence-electron chi connectivity index (χ2n) is 8.26. The summed E-state index contributed by atoms with van der Waals surface area (Å²) in [5.41, 5.74) is 3.54. The molecule has 6 rings (SSSR count). The summed E-state index contributed by atoms with van der Waals surface area (Å²) in [4.78, 5) is 34.0. The summed E-state index contributed by atoms with van der Waals surface area (Å²) >= 11 is 1.54. The Labute approximate surface area is 211 Å². The van der Waals surface area contributed by atoms with Crippen molar-refractivity contribution in [3.05, 3.63) is 84.8 Å². The number of carbonyl (C=O) groups is 1. The van der Waals surface area contributed by atoms with E-state index in [0.717, 1.165) is 26.4 Å². The number of rotatable bonds is 5. The minimum atomic E-state index is -0.306. The average Bonchev–Trinajstić information content (AvgIpc) is 3.38. The van der Waals surface area contributed by atoms with Gasteiger partial charge in [0, 0.05) is 42.7 Å². The number of carbonyl (C=O) groups excluding carboxylic acids is 1. The van der Waals surface area contributed by atoms with Crippen LogP contribution in [-0.2, 0) is 4.74 Å². The van der Waals surface area contributed by atoms with E-state index in [0.29, 0.717) is 49.3 Å². The van der Waals surface area contributed by atoms with Crippen LogP contribution in [0.2, 0.25) is 0 Å². The first-order valence-corrected chi connectivity index (χ1v) is 12.4. The number of nitrogens with one attached hydrogen (secondary N) is 1. The Kier molecular flexibility index (Phi) is 6.06. The number of hydrogen-bond acceptors (Lipinski definition) is 8. The van der Waals surface area contributed by atoms with Crippen LogP contribution in [0.1, 0.15) is 10.5 Å². The molecule has 0 bridgehead atoms. The van der Waals surface area contributed by atoms with Crippen molar-refractivity contribution in [2.45, 2.75) is 0 Å². The van der Waals surface area contributed by atoms with E-state index < -0.39 is 0 Å². The molecule has 1 aliphatic heterocycles. The van der Waals surface area contributed by atoms with Crippen molar-refractivity contribution >= 4 is 39.0 Å². The fraction of sp³-hybridized carbons (Fsp3) is 0.148. The van der Waals surface area contributed by atoms with Crippen LogP contribution in [0.4, 0.5) is 11.5 Å². The molecular weight excluding hydrogens is 472 g/mol. The van der Waals surface area contributed by atoms with Gasteiger partial charge in [0.05, 0.1) is 29.1 Å². The molecule has 8 nitrogen and oxygen atoms in total. The lowest BCUT2D eigenvalue weighted by Crippen LogP contribution is -2.37.